The van der Waals surface area contributed by atoms with Crippen molar-refractivity contribution in [1.29, 1.82) is 0 Å². The van der Waals surface area contributed by atoms with Crippen molar-refractivity contribution >= 4 is 88.0 Å². The fourth-order valence-corrected chi connectivity index (χ4v) is 9.11. The maximum atomic E-state index is 12.9. The molecule has 3 heterocycles. The number of carboxylic acids is 1. The molecule has 3 atom stereocenters. The van der Waals surface area contributed by atoms with Crippen molar-refractivity contribution in [3.8, 4) is 0 Å². The van der Waals surface area contributed by atoms with Crippen LogP contribution in [0.1, 0.15) is 23.7 Å². The Kier molecular flexibility index (Phi) is 8.72. The average Bonchev–Trinajstić information content (AvgIpc) is 3.27. The number of aliphatic carboxylic acids is 1. The summed E-state index contributed by atoms with van der Waals surface area (Å²) >= 11 is 17.5. The van der Waals surface area contributed by atoms with Gasteiger partial charge in [-0.25, -0.2) is 14.8 Å². The van der Waals surface area contributed by atoms with Crippen molar-refractivity contribution in [2.75, 3.05) is 16.6 Å². The molecular formula is C23H21Cl2N5O4S4. The summed E-state index contributed by atoms with van der Waals surface area (Å²) in [5, 5.41) is 14.2. The number of carboxylic acid groups (broad SMARTS) is 1. The molecular weight excluding hydrogens is 609 g/mol. The van der Waals surface area contributed by atoms with Crippen LogP contribution in [-0.4, -0.2) is 65.8 Å². The molecule has 3 aliphatic rings. The molecule has 1 aliphatic carbocycles. The first-order valence-corrected chi connectivity index (χ1v) is 16.1. The van der Waals surface area contributed by atoms with Crippen LogP contribution in [0.15, 0.2) is 45.1 Å². The highest BCUT2D eigenvalue weighted by molar-refractivity contribution is 8.18. The molecule has 3 unspecified atom stereocenters. The van der Waals surface area contributed by atoms with Gasteiger partial charge < -0.3 is 16.2 Å². The number of hydrogen-bond acceptors (Lipinski definition) is 10. The number of amides is 2. The van der Waals surface area contributed by atoms with Gasteiger partial charge in [-0.2, -0.15) is 0 Å². The SMILES string of the molecule is NC1CCc2cnc(SCSC3=C(C(=O)O)N4C(=O)C(NC(=O)CSc5cc(Cl)ccc5Cl)C4SC3)nc21. The number of hydrogen-bond donors (Lipinski definition) is 3. The van der Waals surface area contributed by atoms with Crippen molar-refractivity contribution in [1.82, 2.24) is 20.2 Å². The van der Waals surface area contributed by atoms with Crippen molar-refractivity contribution < 1.29 is 19.5 Å². The highest BCUT2D eigenvalue weighted by Crippen LogP contribution is 2.44. The molecule has 200 valence electrons. The van der Waals surface area contributed by atoms with Gasteiger partial charge in [0.25, 0.3) is 5.91 Å². The molecule has 1 saturated heterocycles. The molecule has 0 radical (unpaired) electrons. The Bertz CT molecular complexity index is 1350. The summed E-state index contributed by atoms with van der Waals surface area (Å²) in [4.78, 5) is 49.0. The maximum absolute atomic E-state index is 12.9. The molecule has 5 rings (SSSR count). The second-order valence-electron chi connectivity index (χ2n) is 8.51. The minimum absolute atomic E-state index is 0.0353. The number of nitrogens with one attached hydrogen (secondary N) is 1. The fourth-order valence-electron chi connectivity index (χ4n) is 4.23. The molecule has 1 fully saturated rings. The second-order valence-corrected chi connectivity index (χ2v) is 13.9. The van der Waals surface area contributed by atoms with Gasteiger partial charge in [0.1, 0.15) is 17.1 Å². The molecule has 2 aliphatic heterocycles. The van der Waals surface area contributed by atoms with Crippen molar-refractivity contribution in [3.05, 3.63) is 56.3 Å². The molecule has 15 heteroatoms. The summed E-state index contributed by atoms with van der Waals surface area (Å²) in [6.07, 6.45) is 3.55. The minimum Gasteiger partial charge on any atom is -0.477 e. The van der Waals surface area contributed by atoms with E-state index in [9.17, 15) is 19.5 Å². The largest absolute Gasteiger partial charge is 0.477 e. The smallest absolute Gasteiger partial charge is 0.353 e. The first-order chi connectivity index (χ1) is 18.2. The highest BCUT2D eigenvalue weighted by atomic mass is 35.5. The van der Waals surface area contributed by atoms with E-state index in [1.54, 1.807) is 24.4 Å². The third kappa shape index (κ3) is 5.79. The number of thioether (sulfide) groups is 4. The molecule has 38 heavy (non-hydrogen) atoms. The van der Waals surface area contributed by atoms with Gasteiger partial charge in [0.2, 0.25) is 5.91 Å². The van der Waals surface area contributed by atoms with E-state index in [1.165, 1.54) is 51.9 Å². The lowest BCUT2D eigenvalue weighted by Gasteiger charge is -2.49. The Hall–Kier alpha value is -1.61. The molecule has 1 aromatic carbocycles. The molecule has 2 aromatic rings. The van der Waals surface area contributed by atoms with Crippen LogP contribution >= 0.6 is 70.2 Å². The zero-order valence-corrected chi connectivity index (χ0v) is 24.3. The van der Waals surface area contributed by atoms with E-state index in [0.29, 0.717) is 35.8 Å². The topological polar surface area (TPSA) is 139 Å². The molecule has 4 N–H and O–H groups in total. The van der Waals surface area contributed by atoms with E-state index in [4.69, 9.17) is 28.9 Å². The molecule has 0 bridgehead atoms. The number of carbonyl (C=O) groups excluding carboxylic acids is 2. The Labute approximate surface area is 245 Å². The maximum Gasteiger partial charge on any atom is 0.353 e. The van der Waals surface area contributed by atoms with Crippen molar-refractivity contribution in [3.63, 3.8) is 0 Å². The zero-order valence-electron chi connectivity index (χ0n) is 19.6. The van der Waals surface area contributed by atoms with Crippen LogP contribution in [0.5, 0.6) is 0 Å². The monoisotopic (exact) mass is 629 g/mol. The summed E-state index contributed by atoms with van der Waals surface area (Å²) < 4.78 is 0. The predicted molar refractivity (Wildman–Crippen MR) is 152 cm³/mol. The number of fused-ring (bicyclic) bond motifs is 2. The predicted octanol–water partition coefficient (Wildman–Crippen LogP) is 4.00. The van der Waals surface area contributed by atoms with Gasteiger partial charge in [-0.05, 0) is 36.6 Å². The van der Waals surface area contributed by atoms with Crippen LogP contribution in [0.4, 0.5) is 0 Å². The first-order valence-electron chi connectivity index (χ1n) is 11.4. The lowest BCUT2D eigenvalue weighted by atomic mass is 10.1. The Balaban J connectivity index is 1.18. The number of halogens is 2. The van der Waals surface area contributed by atoms with E-state index in [1.807, 2.05) is 0 Å². The Morgan fingerprint density at radius 1 is 1.26 bits per heavy atom. The number of nitrogens with zero attached hydrogens (tertiary/aromatic N) is 3. The van der Waals surface area contributed by atoms with Crippen LogP contribution in [-0.2, 0) is 20.8 Å². The Morgan fingerprint density at radius 3 is 2.87 bits per heavy atom. The van der Waals surface area contributed by atoms with Crippen molar-refractivity contribution in [2.24, 2.45) is 5.73 Å². The van der Waals surface area contributed by atoms with Gasteiger partial charge in [-0.15, -0.1) is 35.3 Å². The molecule has 1 aromatic heterocycles. The summed E-state index contributed by atoms with van der Waals surface area (Å²) in [5.41, 5.74) is 8.02. The first kappa shape index (κ1) is 27.9. The zero-order chi connectivity index (χ0) is 27.0. The summed E-state index contributed by atoms with van der Waals surface area (Å²) in [5.74, 6) is -1.52. The summed E-state index contributed by atoms with van der Waals surface area (Å²) in [7, 11) is 0. The molecule has 0 spiro atoms. The number of β-lactam (4-membered cyclic amide) rings is 1. The number of benzene rings is 1. The van der Waals surface area contributed by atoms with Gasteiger partial charge in [-0.3, -0.25) is 14.5 Å². The van der Waals surface area contributed by atoms with E-state index < -0.39 is 23.3 Å². The van der Waals surface area contributed by atoms with Gasteiger partial charge in [0, 0.05) is 32.8 Å². The molecule has 9 nitrogen and oxygen atoms in total. The van der Waals surface area contributed by atoms with Gasteiger partial charge in [0.15, 0.2) is 5.16 Å². The average molecular weight is 631 g/mol. The molecule has 2 amide bonds. The van der Waals surface area contributed by atoms with Crippen molar-refractivity contribution in [2.45, 2.75) is 40.4 Å². The number of nitrogens with two attached hydrogens (primary N) is 1. The van der Waals surface area contributed by atoms with E-state index in [-0.39, 0.29) is 23.4 Å². The number of aryl methyl sites for hydroxylation is 1. The number of rotatable bonds is 9. The van der Waals surface area contributed by atoms with Crippen LogP contribution in [0, 0.1) is 0 Å². The van der Waals surface area contributed by atoms with Crippen LogP contribution < -0.4 is 11.1 Å². The van der Waals surface area contributed by atoms with Crippen LogP contribution in [0.2, 0.25) is 10.0 Å². The molecule has 0 saturated carbocycles. The van der Waals surface area contributed by atoms with E-state index in [0.717, 1.165) is 24.1 Å². The summed E-state index contributed by atoms with van der Waals surface area (Å²) in [6.45, 7) is 0. The van der Waals surface area contributed by atoms with Crippen LogP contribution in [0.25, 0.3) is 0 Å². The van der Waals surface area contributed by atoms with Gasteiger partial charge >= 0.3 is 5.97 Å². The van der Waals surface area contributed by atoms with E-state index >= 15 is 0 Å². The second kappa shape index (κ2) is 11.9. The third-order valence-corrected chi connectivity index (χ3v) is 11.4. The van der Waals surface area contributed by atoms with Gasteiger partial charge in [0.05, 0.1) is 21.6 Å². The Morgan fingerprint density at radius 2 is 2.08 bits per heavy atom. The number of carbonyl (C=O) groups is 3. The van der Waals surface area contributed by atoms with E-state index in [2.05, 4.69) is 15.3 Å². The fraction of sp³-hybridized carbons (Fsp3) is 0.348. The third-order valence-electron chi connectivity index (χ3n) is 6.08. The summed E-state index contributed by atoms with van der Waals surface area (Å²) in [6, 6.07) is 4.11. The number of aromatic nitrogens is 2. The quantitative estimate of drug-likeness (QED) is 0.160. The normalized spacial score (nSPS) is 22.1. The van der Waals surface area contributed by atoms with Crippen LogP contribution in [0.3, 0.4) is 0 Å². The highest BCUT2D eigenvalue weighted by Gasteiger charge is 2.54. The lowest BCUT2D eigenvalue weighted by molar-refractivity contribution is -0.150. The standard InChI is InChI=1S/C23H21Cl2N5O4S4/c24-11-2-3-12(25)14(5-11)35-8-16(31)28-18-20(32)30-19(22(33)34)15(7-36-21(18)30)37-9-38-23-27-6-10-1-4-13(26)17(10)29-23/h2-3,5-6,13,18,21H,1,4,7-9,26H2,(H,28,31)(H,33,34). The lowest BCUT2D eigenvalue weighted by Crippen LogP contribution is -2.70. The van der Waals surface area contributed by atoms with Gasteiger partial charge in [-0.1, -0.05) is 35.0 Å². The minimum atomic E-state index is -1.17.